The number of carbonyl (C=O) groups excluding carboxylic acids is 2. The molecular weight excluding hydrogens is 443 g/mol. The molecule has 0 atom stereocenters. The third kappa shape index (κ3) is 5.44. The number of aromatic nitrogens is 1. The van der Waals surface area contributed by atoms with E-state index in [-0.39, 0.29) is 29.8 Å². The maximum Gasteiger partial charge on any atom is 0.254 e. The Morgan fingerprint density at radius 3 is 2.24 bits per heavy atom. The highest BCUT2D eigenvalue weighted by atomic mass is 19.1. The number of halogens is 3. The van der Waals surface area contributed by atoms with Crippen molar-refractivity contribution in [3.63, 3.8) is 0 Å². The molecular formula is C26H24F3N3O2. The molecule has 8 heteroatoms. The van der Waals surface area contributed by atoms with Gasteiger partial charge in [-0.2, -0.15) is 0 Å². The Bertz CT molecular complexity index is 1190. The predicted molar refractivity (Wildman–Crippen MR) is 121 cm³/mol. The molecule has 5 nitrogen and oxygen atoms in total. The minimum atomic E-state index is -0.793. The summed E-state index contributed by atoms with van der Waals surface area (Å²) < 4.78 is 40.1. The molecule has 0 radical (unpaired) electrons. The van der Waals surface area contributed by atoms with E-state index in [1.165, 1.54) is 12.1 Å². The van der Waals surface area contributed by atoms with Crippen LogP contribution in [0.1, 0.15) is 56.4 Å². The van der Waals surface area contributed by atoms with Crippen LogP contribution >= 0.6 is 0 Å². The van der Waals surface area contributed by atoms with Crippen molar-refractivity contribution >= 4 is 11.8 Å². The first-order valence-corrected chi connectivity index (χ1v) is 11.1. The van der Waals surface area contributed by atoms with Crippen molar-refractivity contribution in [2.75, 3.05) is 13.1 Å². The summed E-state index contributed by atoms with van der Waals surface area (Å²) in [4.78, 5) is 31.8. The van der Waals surface area contributed by atoms with E-state index in [0.717, 1.165) is 29.5 Å². The molecule has 4 rings (SSSR count). The lowest BCUT2D eigenvalue weighted by atomic mass is 9.89. The van der Waals surface area contributed by atoms with Crippen molar-refractivity contribution in [2.45, 2.75) is 32.2 Å². The number of aryl methyl sites for hydroxylation is 1. The molecule has 1 saturated heterocycles. The van der Waals surface area contributed by atoms with Gasteiger partial charge in [-0.15, -0.1) is 0 Å². The predicted octanol–water partition coefficient (Wildman–Crippen LogP) is 4.76. The van der Waals surface area contributed by atoms with E-state index in [0.29, 0.717) is 37.2 Å². The van der Waals surface area contributed by atoms with E-state index >= 15 is 0 Å². The Balaban J connectivity index is 1.44. The number of hydrogen-bond donors (Lipinski definition) is 1. The highest BCUT2D eigenvalue weighted by molar-refractivity contribution is 5.96. The summed E-state index contributed by atoms with van der Waals surface area (Å²) in [6.07, 6.45) is 1.14. The average Bonchev–Trinajstić information content (AvgIpc) is 2.82. The summed E-state index contributed by atoms with van der Waals surface area (Å²) in [6.45, 7) is 2.87. The van der Waals surface area contributed by atoms with Gasteiger partial charge in [-0.1, -0.05) is 12.1 Å². The standard InChI is InChI=1S/C26H24F3N3O2/c1-16-2-7-23(25(33)30-15-17-3-5-20(27)6-4-17)24(31-16)18-8-10-32(11-9-18)26(34)19-12-21(28)14-22(29)13-19/h2-7,12-14,18H,8-11,15H2,1H3,(H,30,33). The van der Waals surface area contributed by atoms with Crippen LogP contribution in [-0.4, -0.2) is 34.8 Å². The molecule has 0 spiro atoms. The summed E-state index contributed by atoms with van der Waals surface area (Å²) in [6, 6.07) is 12.2. The number of amides is 2. The number of nitrogens with zero attached hydrogens (tertiary/aromatic N) is 2. The van der Waals surface area contributed by atoms with Crippen molar-refractivity contribution in [1.29, 1.82) is 0 Å². The molecule has 0 unspecified atom stereocenters. The summed E-state index contributed by atoms with van der Waals surface area (Å²) in [5.74, 6) is -2.67. The van der Waals surface area contributed by atoms with Crippen LogP contribution in [0.25, 0.3) is 0 Å². The molecule has 0 aliphatic carbocycles. The molecule has 2 aromatic carbocycles. The molecule has 34 heavy (non-hydrogen) atoms. The largest absolute Gasteiger partial charge is 0.348 e. The lowest BCUT2D eigenvalue weighted by Gasteiger charge is -2.32. The summed E-state index contributed by atoms with van der Waals surface area (Å²) >= 11 is 0. The van der Waals surface area contributed by atoms with Crippen LogP contribution in [-0.2, 0) is 6.54 Å². The number of carbonyl (C=O) groups is 2. The van der Waals surface area contributed by atoms with Crippen molar-refractivity contribution in [3.05, 3.63) is 100 Å². The molecule has 0 saturated carbocycles. The Morgan fingerprint density at radius 2 is 1.59 bits per heavy atom. The van der Waals surface area contributed by atoms with Gasteiger partial charge in [0, 0.05) is 42.9 Å². The molecule has 1 N–H and O–H groups in total. The van der Waals surface area contributed by atoms with Gasteiger partial charge in [0.25, 0.3) is 11.8 Å². The molecule has 3 aromatic rings. The van der Waals surface area contributed by atoms with E-state index in [9.17, 15) is 22.8 Å². The number of hydrogen-bond acceptors (Lipinski definition) is 3. The van der Waals surface area contributed by atoms with Gasteiger partial charge >= 0.3 is 0 Å². The third-order valence-corrected chi connectivity index (χ3v) is 5.95. The molecule has 1 aliphatic heterocycles. The maximum absolute atomic E-state index is 13.5. The minimum absolute atomic E-state index is 0.0227. The van der Waals surface area contributed by atoms with Crippen molar-refractivity contribution in [3.8, 4) is 0 Å². The van der Waals surface area contributed by atoms with Crippen LogP contribution in [0.15, 0.2) is 54.6 Å². The lowest BCUT2D eigenvalue weighted by Crippen LogP contribution is -2.38. The van der Waals surface area contributed by atoms with Gasteiger partial charge in [0.1, 0.15) is 17.5 Å². The molecule has 2 amide bonds. The van der Waals surface area contributed by atoms with Crippen molar-refractivity contribution < 1.29 is 22.8 Å². The highest BCUT2D eigenvalue weighted by Gasteiger charge is 2.28. The Kier molecular flexibility index (Phi) is 6.95. The molecule has 1 aliphatic rings. The van der Waals surface area contributed by atoms with Gasteiger partial charge in [0.2, 0.25) is 0 Å². The quantitative estimate of drug-likeness (QED) is 0.589. The number of pyridine rings is 1. The van der Waals surface area contributed by atoms with Crippen LogP contribution in [0.3, 0.4) is 0 Å². The second-order valence-corrected chi connectivity index (χ2v) is 8.42. The molecule has 176 valence electrons. The van der Waals surface area contributed by atoms with E-state index in [2.05, 4.69) is 10.3 Å². The van der Waals surface area contributed by atoms with E-state index in [4.69, 9.17) is 0 Å². The van der Waals surface area contributed by atoms with Crippen LogP contribution in [0.5, 0.6) is 0 Å². The second-order valence-electron chi connectivity index (χ2n) is 8.42. The van der Waals surface area contributed by atoms with Crippen LogP contribution in [0, 0.1) is 24.4 Å². The third-order valence-electron chi connectivity index (χ3n) is 5.95. The lowest BCUT2D eigenvalue weighted by molar-refractivity contribution is 0.0709. The Morgan fingerprint density at radius 1 is 0.941 bits per heavy atom. The number of nitrogens with one attached hydrogen (secondary N) is 1. The normalized spacial score (nSPS) is 14.2. The first-order chi connectivity index (χ1) is 16.3. The van der Waals surface area contributed by atoms with Gasteiger partial charge in [-0.25, -0.2) is 13.2 Å². The molecule has 1 fully saturated rings. The first-order valence-electron chi connectivity index (χ1n) is 11.1. The minimum Gasteiger partial charge on any atom is -0.348 e. The fourth-order valence-corrected chi connectivity index (χ4v) is 4.18. The fourth-order valence-electron chi connectivity index (χ4n) is 4.18. The number of likely N-dealkylation sites (tertiary alicyclic amines) is 1. The van der Waals surface area contributed by atoms with Gasteiger partial charge < -0.3 is 10.2 Å². The first kappa shape index (κ1) is 23.5. The number of piperidine rings is 1. The fraction of sp³-hybridized carbons (Fsp3) is 0.269. The van der Waals surface area contributed by atoms with Gasteiger partial charge in [0.15, 0.2) is 0 Å². The second kappa shape index (κ2) is 10.1. The Hall–Kier alpha value is -3.68. The zero-order chi connectivity index (χ0) is 24.2. The summed E-state index contributed by atoms with van der Waals surface area (Å²) in [5, 5.41) is 2.86. The SMILES string of the molecule is Cc1ccc(C(=O)NCc2ccc(F)cc2)c(C2CCN(C(=O)c3cc(F)cc(F)c3)CC2)n1. The van der Waals surface area contributed by atoms with Gasteiger partial charge in [-0.3, -0.25) is 14.6 Å². The zero-order valence-electron chi connectivity index (χ0n) is 18.7. The van der Waals surface area contributed by atoms with Gasteiger partial charge in [-0.05, 0) is 61.7 Å². The maximum atomic E-state index is 13.5. The number of benzene rings is 2. The van der Waals surface area contributed by atoms with Crippen molar-refractivity contribution in [1.82, 2.24) is 15.2 Å². The van der Waals surface area contributed by atoms with E-state index in [1.54, 1.807) is 29.2 Å². The molecule has 0 bridgehead atoms. The molecule has 2 heterocycles. The van der Waals surface area contributed by atoms with E-state index < -0.39 is 17.5 Å². The smallest absolute Gasteiger partial charge is 0.254 e. The topological polar surface area (TPSA) is 62.3 Å². The summed E-state index contributed by atoms with van der Waals surface area (Å²) in [7, 11) is 0. The zero-order valence-corrected chi connectivity index (χ0v) is 18.7. The van der Waals surface area contributed by atoms with Crippen LogP contribution in [0.2, 0.25) is 0 Å². The molecule has 1 aromatic heterocycles. The average molecular weight is 467 g/mol. The van der Waals surface area contributed by atoms with Crippen LogP contribution < -0.4 is 5.32 Å². The monoisotopic (exact) mass is 467 g/mol. The Labute approximate surface area is 195 Å². The van der Waals surface area contributed by atoms with Gasteiger partial charge in [0.05, 0.1) is 11.3 Å². The van der Waals surface area contributed by atoms with Crippen LogP contribution in [0.4, 0.5) is 13.2 Å². The number of rotatable bonds is 5. The van der Waals surface area contributed by atoms with E-state index in [1.807, 2.05) is 6.92 Å². The summed E-state index contributed by atoms with van der Waals surface area (Å²) in [5.41, 5.74) is 2.66. The van der Waals surface area contributed by atoms with Crippen molar-refractivity contribution in [2.24, 2.45) is 0 Å². The highest BCUT2D eigenvalue weighted by Crippen LogP contribution is 2.30.